The van der Waals surface area contributed by atoms with Crippen molar-refractivity contribution in [3.63, 3.8) is 0 Å². The highest BCUT2D eigenvalue weighted by molar-refractivity contribution is 6.19. The minimum Gasteiger partial charge on any atom is -0.478 e. The lowest BCUT2D eigenvalue weighted by molar-refractivity contribution is -0.114. The predicted molar refractivity (Wildman–Crippen MR) is 185 cm³/mol. The number of anilines is 2. The van der Waals surface area contributed by atoms with E-state index in [4.69, 9.17) is 14.5 Å². The fraction of sp³-hybridized carbons (Fsp3) is 0.500. The van der Waals surface area contributed by atoms with Gasteiger partial charge >= 0.3 is 0 Å². The summed E-state index contributed by atoms with van der Waals surface area (Å²) in [7, 11) is 1.96. The van der Waals surface area contributed by atoms with Crippen LogP contribution in [-0.4, -0.2) is 104 Å². The quantitative estimate of drug-likeness (QED) is 0.493. The number of aliphatic imine (C=N–C) groups is 1. The van der Waals surface area contributed by atoms with Gasteiger partial charge in [-0.25, -0.2) is 5.43 Å². The van der Waals surface area contributed by atoms with Crippen molar-refractivity contribution in [1.29, 1.82) is 0 Å². The molecule has 6 aliphatic heterocycles. The number of hydrogen-bond donors (Lipinski definition) is 2. The summed E-state index contributed by atoms with van der Waals surface area (Å²) in [4.78, 5) is 28.0. The third kappa shape index (κ3) is 6.62. The van der Waals surface area contributed by atoms with Crippen LogP contribution in [0.1, 0.15) is 38.7 Å². The second-order valence-electron chi connectivity index (χ2n) is 13.4. The Morgan fingerprint density at radius 3 is 2.77 bits per heavy atom. The van der Waals surface area contributed by atoms with E-state index in [1.807, 2.05) is 35.4 Å². The molecule has 0 aromatic heterocycles. The monoisotopic (exact) mass is 640 g/mol. The fourth-order valence-electron chi connectivity index (χ4n) is 7.04. The Balaban J connectivity index is 1.17. The highest BCUT2D eigenvalue weighted by Crippen LogP contribution is 2.37. The molecule has 1 amide bonds. The summed E-state index contributed by atoms with van der Waals surface area (Å²) in [6, 6.07) is 7.22. The van der Waals surface area contributed by atoms with Gasteiger partial charge in [0.1, 0.15) is 0 Å². The lowest BCUT2D eigenvalue weighted by atomic mass is 9.97. The normalized spacial score (nSPS) is 26.0. The first-order chi connectivity index (χ1) is 22.9. The van der Waals surface area contributed by atoms with E-state index in [2.05, 4.69) is 70.1 Å². The van der Waals surface area contributed by atoms with Crippen molar-refractivity contribution in [1.82, 2.24) is 25.1 Å². The van der Waals surface area contributed by atoms with Crippen molar-refractivity contribution in [3.05, 3.63) is 83.2 Å². The van der Waals surface area contributed by atoms with E-state index in [0.717, 1.165) is 106 Å². The molecular formula is C36H48N8O3. The Hall–Kier alpha value is -3.90. The summed E-state index contributed by atoms with van der Waals surface area (Å²) >= 11 is 0. The summed E-state index contributed by atoms with van der Waals surface area (Å²) in [5, 5.41) is 5.42. The molecule has 1 aromatic carbocycles. The molecule has 2 saturated heterocycles. The van der Waals surface area contributed by atoms with Gasteiger partial charge in [0, 0.05) is 82.1 Å². The average Bonchev–Trinajstić information content (AvgIpc) is 3.57. The van der Waals surface area contributed by atoms with Gasteiger partial charge in [0.25, 0.3) is 5.91 Å². The first-order valence-electron chi connectivity index (χ1n) is 17.1. The molecule has 250 valence electrons. The first kappa shape index (κ1) is 31.7. The van der Waals surface area contributed by atoms with E-state index in [1.54, 1.807) is 0 Å². The van der Waals surface area contributed by atoms with E-state index in [0.29, 0.717) is 36.6 Å². The number of nitrogens with zero attached hydrogens (tertiary/aromatic N) is 6. The molecule has 47 heavy (non-hydrogen) atoms. The maximum atomic E-state index is 14.0. The summed E-state index contributed by atoms with van der Waals surface area (Å²) in [6.45, 7) is 17.6. The van der Waals surface area contributed by atoms with Crippen LogP contribution in [-0.2, 0) is 20.8 Å². The molecule has 0 saturated carbocycles. The van der Waals surface area contributed by atoms with Crippen molar-refractivity contribution in [2.45, 2.75) is 45.7 Å². The van der Waals surface area contributed by atoms with Crippen molar-refractivity contribution in [2.75, 3.05) is 76.4 Å². The van der Waals surface area contributed by atoms with Crippen LogP contribution in [0.2, 0.25) is 0 Å². The number of carbonyl (C=O) groups excluding carboxylic acids is 1. The van der Waals surface area contributed by atoms with Crippen LogP contribution in [0.25, 0.3) is 0 Å². The number of guanidine groups is 1. The van der Waals surface area contributed by atoms with E-state index >= 15 is 0 Å². The number of piperazine rings is 1. The lowest BCUT2D eigenvalue weighted by Gasteiger charge is -2.42. The zero-order chi connectivity index (χ0) is 32.5. The van der Waals surface area contributed by atoms with Crippen molar-refractivity contribution < 1.29 is 14.3 Å². The second-order valence-corrected chi connectivity index (χ2v) is 13.4. The Morgan fingerprint density at radius 2 is 2.00 bits per heavy atom. The van der Waals surface area contributed by atoms with E-state index in [1.165, 1.54) is 5.56 Å². The van der Waals surface area contributed by atoms with Crippen LogP contribution < -0.4 is 15.6 Å². The van der Waals surface area contributed by atoms with Crippen LogP contribution in [0.15, 0.2) is 82.6 Å². The molecule has 11 heteroatoms. The van der Waals surface area contributed by atoms with Crippen LogP contribution in [0, 0.1) is 5.92 Å². The first-order valence-corrected chi connectivity index (χ1v) is 17.1. The molecule has 1 aromatic rings. The number of hydrazine groups is 1. The smallest absolute Gasteiger partial charge is 0.281 e. The van der Waals surface area contributed by atoms with Crippen molar-refractivity contribution in [3.8, 4) is 0 Å². The average molecular weight is 641 g/mol. The maximum Gasteiger partial charge on any atom is 0.281 e. The molecule has 2 bridgehead atoms. The maximum absolute atomic E-state index is 14.0. The SMILES string of the molecule is C=C1C2=CC(=CN1/C=C\CC)C(=O)/N=C1\Nc3ccc(CN4CCN(C5COC5)CC4)cc3N1CC(C)CCCOC1=C2CNN1C. The summed E-state index contributed by atoms with van der Waals surface area (Å²) in [5.41, 5.74) is 9.85. The highest BCUT2D eigenvalue weighted by Gasteiger charge is 2.33. The topological polar surface area (TPSA) is 88.2 Å². The van der Waals surface area contributed by atoms with Crippen LogP contribution >= 0.6 is 0 Å². The van der Waals surface area contributed by atoms with Gasteiger partial charge in [-0.15, -0.1) is 0 Å². The molecule has 7 rings (SSSR count). The van der Waals surface area contributed by atoms with Crippen LogP contribution in [0.4, 0.5) is 11.4 Å². The third-order valence-electron chi connectivity index (χ3n) is 9.92. The molecule has 2 fully saturated rings. The number of allylic oxidation sites excluding steroid dienone is 2. The van der Waals surface area contributed by atoms with E-state index < -0.39 is 0 Å². The summed E-state index contributed by atoms with van der Waals surface area (Å²) in [5.74, 6) is 1.41. The third-order valence-corrected chi connectivity index (χ3v) is 9.92. The van der Waals surface area contributed by atoms with Crippen LogP contribution in [0.5, 0.6) is 0 Å². The number of hydrogen-bond acceptors (Lipinski definition) is 10. The van der Waals surface area contributed by atoms with Gasteiger partial charge in [-0.05, 0) is 49.0 Å². The number of amides is 1. The van der Waals surface area contributed by atoms with Crippen molar-refractivity contribution in [2.24, 2.45) is 10.9 Å². The molecule has 0 aliphatic carbocycles. The molecule has 2 N–H and O–H groups in total. The molecule has 1 unspecified atom stereocenters. The molecule has 0 spiro atoms. The fourth-order valence-corrected chi connectivity index (χ4v) is 7.04. The van der Waals surface area contributed by atoms with Gasteiger partial charge in [-0.3, -0.25) is 19.6 Å². The zero-order valence-corrected chi connectivity index (χ0v) is 28.0. The second kappa shape index (κ2) is 13.7. The lowest BCUT2D eigenvalue weighted by Crippen LogP contribution is -2.56. The Bertz CT molecular complexity index is 1550. The molecule has 6 aliphatic rings. The number of rotatable bonds is 5. The number of ether oxygens (including phenoxy) is 2. The van der Waals surface area contributed by atoms with Gasteiger partial charge < -0.3 is 24.6 Å². The molecule has 0 radical (unpaired) electrons. The summed E-state index contributed by atoms with van der Waals surface area (Å²) in [6.07, 6.45) is 10.5. The molecule has 1 atom stereocenters. The Labute approximate surface area is 278 Å². The molecule has 6 heterocycles. The van der Waals surface area contributed by atoms with Gasteiger partial charge in [0.05, 0.1) is 42.8 Å². The Morgan fingerprint density at radius 1 is 1.17 bits per heavy atom. The molecular weight excluding hydrogens is 592 g/mol. The van der Waals surface area contributed by atoms with E-state index in [-0.39, 0.29) is 5.91 Å². The Kier molecular flexibility index (Phi) is 9.22. The summed E-state index contributed by atoms with van der Waals surface area (Å²) < 4.78 is 11.8. The molecule has 11 nitrogen and oxygen atoms in total. The minimum absolute atomic E-state index is 0.301. The number of carbonyl (C=O) groups is 1. The van der Waals surface area contributed by atoms with Gasteiger partial charge in [0.2, 0.25) is 11.8 Å². The van der Waals surface area contributed by atoms with Crippen molar-refractivity contribution >= 4 is 23.2 Å². The highest BCUT2D eigenvalue weighted by atomic mass is 16.5. The standard InChI is InChI=1S/C36H48N8O3/c1-5-6-11-43-22-28-18-30(26(43)3)31-19-37-40(4)35(31)47-16-7-8-25(2)20-44-33-17-27(9-10-32(33)38-36(44)39-34(28)45)21-41-12-14-42(15-13-41)29-23-46-24-29/h6,9-11,17-18,22,25,29,37H,3,5,7-8,12-16,19-21,23-24H2,1-2,4H3,(H,38,39,45)/b11-6-. The number of fused-ring (bicyclic) bond motifs is 5. The largest absolute Gasteiger partial charge is 0.478 e. The predicted octanol–water partition coefficient (Wildman–Crippen LogP) is 3.99. The van der Waals surface area contributed by atoms with Gasteiger partial charge in [-0.1, -0.05) is 32.6 Å². The van der Waals surface area contributed by atoms with Gasteiger partial charge in [-0.2, -0.15) is 4.99 Å². The number of nitrogens with one attached hydrogen (secondary N) is 2. The minimum atomic E-state index is -0.301. The van der Waals surface area contributed by atoms with Crippen LogP contribution in [0.3, 0.4) is 0 Å². The zero-order valence-electron chi connectivity index (χ0n) is 28.0. The van der Waals surface area contributed by atoms with Gasteiger partial charge in [0.15, 0.2) is 0 Å². The van der Waals surface area contributed by atoms with E-state index in [9.17, 15) is 4.79 Å². The number of benzene rings is 1.